The fourth-order valence-corrected chi connectivity index (χ4v) is 6.39. The molecule has 1 saturated heterocycles. The van der Waals surface area contributed by atoms with Crippen LogP contribution < -0.4 is 16.0 Å². The Bertz CT molecular complexity index is 1470. The zero-order chi connectivity index (χ0) is 25.3. The van der Waals surface area contributed by atoms with E-state index in [1.54, 1.807) is 6.92 Å². The van der Waals surface area contributed by atoms with Crippen molar-refractivity contribution in [2.45, 2.75) is 75.0 Å². The molecule has 11 heteroatoms. The van der Waals surface area contributed by atoms with Gasteiger partial charge in [-0.15, -0.1) is 0 Å². The average Bonchev–Trinajstić information content (AvgIpc) is 3.71. The minimum absolute atomic E-state index is 0.00901. The van der Waals surface area contributed by atoms with Crippen LogP contribution >= 0.6 is 0 Å². The van der Waals surface area contributed by atoms with Crippen molar-refractivity contribution in [3.8, 4) is 0 Å². The van der Waals surface area contributed by atoms with Crippen molar-refractivity contribution in [2.24, 2.45) is 5.92 Å². The van der Waals surface area contributed by atoms with E-state index in [9.17, 15) is 27.2 Å². The molecule has 35 heavy (non-hydrogen) atoms. The molecule has 2 heterocycles. The first kappa shape index (κ1) is 23.9. The van der Waals surface area contributed by atoms with Crippen molar-refractivity contribution >= 4 is 26.8 Å². The van der Waals surface area contributed by atoms with Crippen LogP contribution in [0.2, 0.25) is 0 Å². The fourth-order valence-electron chi connectivity index (χ4n) is 4.90. The lowest BCUT2D eigenvalue weighted by Gasteiger charge is -2.20. The summed E-state index contributed by atoms with van der Waals surface area (Å²) in [5.41, 5.74) is -1.21. The molecule has 2 aromatic rings. The molecule has 0 spiro atoms. The summed E-state index contributed by atoms with van der Waals surface area (Å²) in [4.78, 5) is 40.6. The highest BCUT2D eigenvalue weighted by molar-refractivity contribution is 7.89. The Morgan fingerprint density at radius 3 is 2.54 bits per heavy atom. The number of nitrogens with one attached hydrogen (secondary N) is 1. The first-order valence-electron chi connectivity index (χ1n) is 11.9. The molecule has 9 nitrogen and oxygen atoms in total. The lowest BCUT2D eigenvalue weighted by atomic mass is 10.1. The molecular formula is C24H29FN4O5S. The highest BCUT2D eigenvalue weighted by Crippen LogP contribution is 2.36. The summed E-state index contributed by atoms with van der Waals surface area (Å²) in [5, 5.41) is 0.126. The van der Waals surface area contributed by atoms with Gasteiger partial charge in [0.15, 0.2) is 5.83 Å². The van der Waals surface area contributed by atoms with Crippen LogP contribution in [0.15, 0.2) is 45.1 Å². The molecule has 1 aromatic carbocycles. The molecule has 0 radical (unpaired) electrons. The van der Waals surface area contributed by atoms with Gasteiger partial charge in [0.25, 0.3) is 11.5 Å². The second-order valence-corrected chi connectivity index (χ2v) is 12.1. The van der Waals surface area contributed by atoms with Gasteiger partial charge in [0.05, 0.1) is 21.8 Å². The summed E-state index contributed by atoms with van der Waals surface area (Å²) >= 11 is 0. The SMILES string of the molecule is C=C(F)C(=O)N1CC(n2c(=O)c3cc(S(=O)(=O)NC4(C)CC4)ccc3n(CC3CC3)c2=O)CC1C. The number of hydrogen-bond donors (Lipinski definition) is 1. The van der Waals surface area contributed by atoms with Crippen LogP contribution in [0.1, 0.15) is 52.0 Å². The Kier molecular flexibility index (Phi) is 5.55. The molecule has 1 aromatic heterocycles. The maximum atomic E-state index is 13.6. The zero-order valence-electron chi connectivity index (χ0n) is 19.8. The predicted octanol–water partition coefficient (Wildman–Crippen LogP) is 2.05. The van der Waals surface area contributed by atoms with E-state index in [0.717, 1.165) is 30.3 Å². The number of carbonyl (C=O) groups is 1. The van der Waals surface area contributed by atoms with Gasteiger partial charge in [-0.05, 0) is 70.1 Å². The first-order chi connectivity index (χ1) is 16.4. The molecule has 1 amide bonds. The molecule has 2 unspecified atom stereocenters. The van der Waals surface area contributed by atoms with E-state index in [0.29, 0.717) is 24.4 Å². The second-order valence-electron chi connectivity index (χ2n) is 10.5. The highest BCUT2D eigenvalue weighted by Gasteiger charge is 2.41. The summed E-state index contributed by atoms with van der Waals surface area (Å²) in [5.74, 6) is -1.64. The molecule has 1 aliphatic heterocycles. The van der Waals surface area contributed by atoms with E-state index in [-0.39, 0.29) is 16.8 Å². The van der Waals surface area contributed by atoms with Gasteiger partial charge >= 0.3 is 5.69 Å². The number of nitrogens with zero attached hydrogens (tertiary/aromatic N) is 3. The van der Waals surface area contributed by atoms with Crippen LogP contribution in [0.5, 0.6) is 0 Å². The Balaban J connectivity index is 1.63. The maximum Gasteiger partial charge on any atom is 0.331 e. The number of benzene rings is 1. The monoisotopic (exact) mass is 504 g/mol. The standard InChI is InChI=1S/C24H29FN4O5S/c1-14-10-17(13-27(14)21(30)15(2)25)29-22(31)19-11-18(35(33,34)26-24(3)8-9-24)6-7-20(19)28(23(29)32)12-16-4-5-16/h6-7,11,14,16-17,26H,2,4-5,8-10,12-13H2,1,3H3. The van der Waals surface area contributed by atoms with E-state index < -0.39 is 50.6 Å². The van der Waals surface area contributed by atoms with Gasteiger partial charge in [-0.1, -0.05) is 6.58 Å². The van der Waals surface area contributed by atoms with Gasteiger partial charge in [0.2, 0.25) is 10.0 Å². The van der Waals surface area contributed by atoms with E-state index in [2.05, 4.69) is 11.3 Å². The third kappa shape index (κ3) is 4.35. The van der Waals surface area contributed by atoms with Crippen molar-refractivity contribution in [3.05, 3.63) is 51.4 Å². The first-order valence-corrected chi connectivity index (χ1v) is 13.4. The van der Waals surface area contributed by atoms with Crippen molar-refractivity contribution in [2.75, 3.05) is 6.54 Å². The third-order valence-corrected chi connectivity index (χ3v) is 9.02. The minimum atomic E-state index is -3.86. The van der Waals surface area contributed by atoms with Gasteiger partial charge in [0.1, 0.15) is 0 Å². The van der Waals surface area contributed by atoms with Gasteiger partial charge in [-0.3, -0.25) is 18.7 Å². The quantitative estimate of drug-likeness (QED) is 0.581. The summed E-state index contributed by atoms with van der Waals surface area (Å²) in [6.07, 6.45) is 3.73. The molecule has 2 aliphatic carbocycles. The third-order valence-electron chi connectivity index (χ3n) is 7.38. The molecule has 3 aliphatic rings. The molecule has 2 saturated carbocycles. The number of halogens is 1. The summed E-state index contributed by atoms with van der Waals surface area (Å²) in [6, 6.07) is 3.22. The highest BCUT2D eigenvalue weighted by atomic mass is 32.2. The number of fused-ring (bicyclic) bond motifs is 1. The van der Waals surface area contributed by atoms with Crippen molar-refractivity contribution in [3.63, 3.8) is 0 Å². The van der Waals surface area contributed by atoms with Gasteiger partial charge < -0.3 is 4.90 Å². The summed E-state index contributed by atoms with van der Waals surface area (Å²) in [6.45, 7) is 7.03. The number of rotatable bonds is 7. The average molecular weight is 505 g/mol. The van der Waals surface area contributed by atoms with E-state index in [1.165, 1.54) is 27.7 Å². The number of aromatic nitrogens is 2. The van der Waals surface area contributed by atoms with E-state index >= 15 is 0 Å². The fraction of sp³-hybridized carbons (Fsp3) is 0.542. The number of likely N-dealkylation sites (tertiary alicyclic amines) is 1. The number of hydrogen-bond acceptors (Lipinski definition) is 5. The van der Waals surface area contributed by atoms with Crippen LogP contribution in [0, 0.1) is 5.92 Å². The number of sulfonamides is 1. The molecule has 2 atom stereocenters. The van der Waals surface area contributed by atoms with Crippen molar-refractivity contribution < 1.29 is 17.6 Å². The van der Waals surface area contributed by atoms with Crippen LogP contribution in [-0.2, 0) is 21.4 Å². The lowest BCUT2D eigenvalue weighted by Crippen LogP contribution is -2.44. The summed E-state index contributed by atoms with van der Waals surface area (Å²) < 4.78 is 44.8. The van der Waals surface area contributed by atoms with Crippen molar-refractivity contribution in [1.29, 1.82) is 0 Å². The minimum Gasteiger partial charge on any atom is -0.332 e. The summed E-state index contributed by atoms with van der Waals surface area (Å²) in [7, 11) is -3.86. The predicted molar refractivity (Wildman–Crippen MR) is 128 cm³/mol. The zero-order valence-corrected chi connectivity index (χ0v) is 20.6. The Labute approximate surface area is 202 Å². The normalized spacial score (nSPS) is 23.6. The van der Waals surface area contributed by atoms with Crippen LogP contribution in [0.25, 0.3) is 10.9 Å². The lowest BCUT2D eigenvalue weighted by molar-refractivity contribution is -0.129. The van der Waals surface area contributed by atoms with Crippen LogP contribution in [0.3, 0.4) is 0 Å². The van der Waals surface area contributed by atoms with Crippen LogP contribution in [-0.4, -0.2) is 46.5 Å². The topological polar surface area (TPSA) is 110 Å². The Hall–Kier alpha value is -2.79. The van der Waals surface area contributed by atoms with Gasteiger partial charge in [-0.2, -0.15) is 0 Å². The van der Waals surface area contributed by atoms with E-state index in [4.69, 9.17) is 0 Å². The van der Waals surface area contributed by atoms with Gasteiger partial charge in [0, 0.05) is 24.7 Å². The Morgan fingerprint density at radius 2 is 1.94 bits per heavy atom. The number of carbonyl (C=O) groups excluding carboxylic acids is 1. The smallest absolute Gasteiger partial charge is 0.331 e. The van der Waals surface area contributed by atoms with Crippen LogP contribution in [0.4, 0.5) is 4.39 Å². The molecule has 1 N–H and O–H groups in total. The van der Waals surface area contributed by atoms with Crippen molar-refractivity contribution in [1.82, 2.24) is 18.8 Å². The molecule has 0 bridgehead atoms. The van der Waals surface area contributed by atoms with E-state index in [1.807, 2.05) is 6.92 Å². The molecule has 5 rings (SSSR count). The van der Waals surface area contributed by atoms with Gasteiger partial charge in [-0.25, -0.2) is 22.3 Å². The largest absolute Gasteiger partial charge is 0.332 e. The molecule has 188 valence electrons. The molecule has 3 fully saturated rings. The Morgan fingerprint density at radius 1 is 1.26 bits per heavy atom. The number of amides is 1. The second kappa shape index (κ2) is 8.12. The maximum absolute atomic E-state index is 13.6. The molecular weight excluding hydrogens is 475 g/mol.